The molecule has 0 aliphatic heterocycles. The smallest absolute Gasteiger partial charge is 0.335 e. The summed E-state index contributed by atoms with van der Waals surface area (Å²) in [5.41, 5.74) is -0.201. The molecule has 98 valence electrons. The summed E-state index contributed by atoms with van der Waals surface area (Å²) >= 11 is 3.06. The average molecular weight is 325 g/mol. The van der Waals surface area contributed by atoms with Crippen LogP contribution in [0.2, 0.25) is 0 Å². The van der Waals surface area contributed by atoms with Gasteiger partial charge >= 0.3 is 5.97 Å². The molecule has 2 rings (SSSR count). The normalized spacial score (nSPS) is 10.2. The average Bonchev–Trinajstić information content (AvgIpc) is 2.78. The van der Waals surface area contributed by atoms with Gasteiger partial charge in [-0.2, -0.15) is 0 Å². The maximum absolute atomic E-state index is 11.7. The van der Waals surface area contributed by atoms with Crippen LogP contribution >= 0.6 is 15.9 Å². The number of nitrogens with one attached hydrogen (secondary N) is 1. The second-order valence-electron chi connectivity index (χ2n) is 3.57. The number of carbonyl (C=O) groups excluding carboxylic acids is 1. The molecule has 0 aliphatic carbocycles. The summed E-state index contributed by atoms with van der Waals surface area (Å²) in [6.45, 7) is 0. The highest BCUT2D eigenvalue weighted by Crippen LogP contribution is 2.20. The topological polar surface area (TPSA) is 103 Å². The molecule has 0 radical (unpaired) electrons. The Hall–Kier alpha value is -2.28. The first-order chi connectivity index (χ1) is 8.97. The zero-order valence-corrected chi connectivity index (χ0v) is 10.9. The summed E-state index contributed by atoms with van der Waals surface area (Å²) in [5, 5.41) is 22.5. The Morgan fingerprint density at radius 3 is 2.58 bits per heavy atom. The van der Waals surface area contributed by atoms with Gasteiger partial charge < -0.3 is 19.9 Å². The molecule has 0 unspecified atom stereocenters. The highest BCUT2D eigenvalue weighted by atomic mass is 79.9. The van der Waals surface area contributed by atoms with Gasteiger partial charge in [-0.1, -0.05) is 11.8 Å². The molecule has 2 N–H and O–H groups in total. The summed E-state index contributed by atoms with van der Waals surface area (Å²) in [6, 6.07) is 6.51. The molecule has 0 bridgehead atoms. The second kappa shape index (κ2) is 5.15. The molecule has 1 aromatic carbocycles. The van der Waals surface area contributed by atoms with Crippen molar-refractivity contribution < 1.29 is 24.2 Å². The number of carboxylic acids is 1. The van der Waals surface area contributed by atoms with Crippen LogP contribution in [-0.4, -0.2) is 17.0 Å². The van der Waals surface area contributed by atoms with Crippen molar-refractivity contribution in [3.8, 4) is 5.75 Å². The van der Waals surface area contributed by atoms with Crippen LogP contribution in [0.1, 0.15) is 20.9 Å². The Balaban J connectivity index is 2.22. The fraction of sp³-hybridized carbons (Fsp3) is 0. The Bertz CT molecular complexity index is 649. The van der Waals surface area contributed by atoms with Crippen molar-refractivity contribution in [3.63, 3.8) is 0 Å². The van der Waals surface area contributed by atoms with E-state index in [0.717, 1.165) is 12.1 Å². The minimum atomic E-state index is -1.35. The van der Waals surface area contributed by atoms with Gasteiger partial charge in [0.15, 0.2) is 10.4 Å². The highest BCUT2D eigenvalue weighted by Gasteiger charge is 2.12. The van der Waals surface area contributed by atoms with E-state index in [2.05, 4.69) is 21.2 Å². The third-order valence-corrected chi connectivity index (χ3v) is 2.69. The van der Waals surface area contributed by atoms with Crippen molar-refractivity contribution >= 4 is 33.5 Å². The van der Waals surface area contributed by atoms with E-state index in [0.29, 0.717) is 4.67 Å². The number of carbonyl (C=O) groups is 2. The molecular formula is C12H7BrNO5-. The first kappa shape index (κ1) is 13.2. The number of hydrogen-bond donors (Lipinski definition) is 2. The minimum Gasteiger partial charge on any atom is -0.872 e. The lowest BCUT2D eigenvalue weighted by Crippen LogP contribution is -2.12. The van der Waals surface area contributed by atoms with Gasteiger partial charge in [0.2, 0.25) is 0 Å². The standard InChI is InChI=1S/C12H8BrNO5/c13-10-4-3-9(19-10)11(16)14-6-1-2-8(15)7(5-6)12(17)18/h1-5,15H,(H,14,16)(H,17,18)/p-1. The third kappa shape index (κ3) is 2.94. The van der Waals surface area contributed by atoms with Crippen LogP contribution in [0.15, 0.2) is 39.4 Å². The van der Waals surface area contributed by atoms with E-state index in [1.165, 1.54) is 12.1 Å². The van der Waals surface area contributed by atoms with E-state index in [1.807, 2.05) is 0 Å². The predicted octanol–water partition coefficient (Wildman–Crippen LogP) is 2.07. The van der Waals surface area contributed by atoms with Gasteiger partial charge in [-0.25, -0.2) is 4.79 Å². The summed E-state index contributed by atoms with van der Waals surface area (Å²) < 4.78 is 5.45. The molecule has 7 heteroatoms. The molecule has 1 heterocycles. The van der Waals surface area contributed by atoms with Crippen molar-refractivity contribution in [1.82, 2.24) is 0 Å². The van der Waals surface area contributed by atoms with E-state index < -0.39 is 23.2 Å². The maximum Gasteiger partial charge on any atom is 0.335 e. The summed E-state index contributed by atoms with van der Waals surface area (Å²) in [6.07, 6.45) is 0. The minimum absolute atomic E-state index is 0.0648. The Morgan fingerprint density at radius 2 is 2.00 bits per heavy atom. The molecule has 1 aromatic heterocycles. The molecule has 0 atom stereocenters. The molecule has 0 aliphatic rings. The van der Waals surface area contributed by atoms with Crippen LogP contribution in [0.3, 0.4) is 0 Å². The van der Waals surface area contributed by atoms with Crippen LogP contribution in [-0.2, 0) is 0 Å². The quantitative estimate of drug-likeness (QED) is 0.899. The van der Waals surface area contributed by atoms with Crippen LogP contribution in [0.4, 0.5) is 5.69 Å². The number of benzene rings is 1. The van der Waals surface area contributed by atoms with Crippen molar-refractivity contribution in [2.24, 2.45) is 0 Å². The van der Waals surface area contributed by atoms with Gasteiger partial charge in [-0.15, -0.1) is 0 Å². The number of anilines is 1. The molecular weight excluding hydrogens is 318 g/mol. The van der Waals surface area contributed by atoms with E-state index in [4.69, 9.17) is 9.52 Å². The molecule has 0 saturated heterocycles. The lowest BCUT2D eigenvalue weighted by Gasteiger charge is -2.11. The molecule has 1 amide bonds. The van der Waals surface area contributed by atoms with Gasteiger partial charge in [0.25, 0.3) is 5.91 Å². The fourth-order valence-corrected chi connectivity index (χ4v) is 1.71. The zero-order chi connectivity index (χ0) is 14.0. The van der Waals surface area contributed by atoms with Crippen LogP contribution in [0, 0.1) is 0 Å². The zero-order valence-electron chi connectivity index (χ0n) is 9.34. The number of amides is 1. The molecule has 6 nitrogen and oxygen atoms in total. The molecule has 2 aromatic rings. The third-order valence-electron chi connectivity index (χ3n) is 2.26. The Morgan fingerprint density at radius 1 is 1.26 bits per heavy atom. The molecule has 0 spiro atoms. The lowest BCUT2D eigenvalue weighted by molar-refractivity contribution is -0.268. The first-order valence-corrected chi connectivity index (χ1v) is 5.87. The van der Waals surface area contributed by atoms with Gasteiger partial charge in [-0.3, -0.25) is 4.79 Å². The van der Waals surface area contributed by atoms with Crippen molar-refractivity contribution in [1.29, 1.82) is 0 Å². The SMILES string of the molecule is O=C(Nc1ccc([O-])c(C(=O)O)c1)c1ccc(Br)o1. The van der Waals surface area contributed by atoms with Crippen molar-refractivity contribution in [2.75, 3.05) is 5.32 Å². The van der Waals surface area contributed by atoms with Gasteiger partial charge in [-0.05, 0) is 40.2 Å². The summed E-state index contributed by atoms with van der Waals surface area (Å²) in [7, 11) is 0. The fourth-order valence-electron chi connectivity index (χ4n) is 1.40. The Labute approximate surface area is 115 Å². The summed E-state index contributed by atoms with van der Waals surface area (Å²) in [5.74, 6) is -2.44. The number of carboxylic acid groups (broad SMARTS) is 1. The molecule has 19 heavy (non-hydrogen) atoms. The predicted molar refractivity (Wildman–Crippen MR) is 67.2 cm³/mol. The van der Waals surface area contributed by atoms with E-state index in [9.17, 15) is 14.7 Å². The first-order valence-electron chi connectivity index (χ1n) is 5.08. The Kier molecular flexibility index (Phi) is 3.57. The van der Waals surface area contributed by atoms with Crippen molar-refractivity contribution in [2.45, 2.75) is 0 Å². The lowest BCUT2D eigenvalue weighted by atomic mass is 10.2. The summed E-state index contributed by atoms with van der Waals surface area (Å²) in [4.78, 5) is 22.5. The maximum atomic E-state index is 11.7. The van der Waals surface area contributed by atoms with Gasteiger partial charge in [0.1, 0.15) is 0 Å². The number of furan rings is 1. The van der Waals surface area contributed by atoms with E-state index in [1.54, 1.807) is 6.07 Å². The van der Waals surface area contributed by atoms with Gasteiger partial charge in [0, 0.05) is 5.69 Å². The van der Waals surface area contributed by atoms with E-state index in [-0.39, 0.29) is 11.4 Å². The monoisotopic (exact) mass is 324 g/mol. The van der Waals surface area contributed by atoms with Crippen LogP contribution < -0.4 is 10.4 Å². The van der Waals surface area contributed by atoms with Crippen molar-refractivity contribution in [3.05, 3.63) is 46.3 Å². The largest absolute Gasteiger partial charge is 0.872 e. The van der Waals surface area contributed by atoms with E-state index >= 15 is 0 Å². The van der Waals surface area contributed by atoms with Gasteiger partial charge in [0.05, 0.1) is 5.56 Å². The number of halogens is 1. The molecule has 0 fully saturated rings. The van der Waals surface area contributed by atoms with Crippen LogP contribution in [0.25, 0.3) is 0 Å². The van der Waals surface area contributed by atoms with Crippen LogP contribution in [0.5, 0.6) is 5.75 Å². The number of hydrogen-bond acceptors (Lipinski definition) is 4. The number of rotatable bonds is 3. The molecule has 0 saturated carbocycles. The second-order valence-corrected chi connectivity index (χ2v) is 4.36. The highest BCUT2D eigenvalue weighted by molar-refractivity contribution is 9.10. The number of aromatic carboxylic acids is 1.